The first-order valence-corrected chi connectivity index (χ1v) is 7.40. The largest absolute Gasteiger partial charge is 0.325 e. The van der Waals surface area contributed by atoms with Crippen LogP contribution in [0.4, 0.5) is 0 Å². The minimum atomic E-state index is -3.73. The Hall–Kier alpha value is 0.644. The quantitative estimate of drug-likeness (QED) is 0.387. The maximum Gasteiger partial charge on any atom is 0.325 e. The van der Waals surface area contributed by atoms with Gasteiger partial charge in [0, 0.05) is 22.7 Å². The molecule has 0 aliphatic heterocycles. The normalized spacial score (nSPS) is 11.1. The van der Waals surface area contributed by atoms with E-state index in [2.05, 4.69) is 6.92 Å². The standard InChI is InChI=1S/C10H23O3P.Ni/c1-2-3-4-5-6-7-8-9-10-14(11,12)13;/h2-10H2,1H3,(H2,11,12,13);. The van der Waals surface area contributed by atoms with Gasteiger partial charge in [-0.2, -0.15) is 0 Å². The van der Waals surface area contributed by atoms with E-state index < -0.39 is 7.60 Å². The number of rotatable bonds is 9. The molecule has 0 aliphatic carbocycles. The first kappa shape index (κ1) is 18.0. The molecular formula is C10H23NiO3P. The molecule has 0 unspecified atom stereocenters. The van der Waals surface area contributed by atoms with Crippen molar-refractivity contribution in [3.05, 3.63) is 0 Å². The van der Waals surface area contributed by atoms with Gasteiger partial charge in [-0.25, -0.2) is 0 Å². The summed E-state index contributed by atoms with van der Waals surface area (Å²) in [6, 6.07) is 0. The Morgan fingerprint density at radius 3 is 1.67 bits per heavy atom. The molecule has 0 atom stereocenters. The molecule has 0 spiro atoms. The SMILES string of the molecule is CCCCCCCCCCP(=O)(O)O.[Ni]. The second-order valence-corrected chi connectivity index (χ2v) is 5.64. The summed E-state index contributed by atoms with van der Waals surface area (Å²) in [5.74, 6) is 0. The summed E-state index contributed by atoms with van der Waals surface area (Å²) < 4.78 is 10.5. The van der Waals surface area contributed by atoms with Gasteiger partial charge >= 0.3 is 7.60 Å². The van der Waals surface area contributed by atoms with E-state index in [-0.39, 0.29) is 22.7 Å². The minimum absolute atomic E-state index is 0. The van der Waals surface area contributed by atoms with Crippen molar-refractivity contribution in [2.45, 2.75) is 58.3 Å². The smallest absolute Gasteiger partial charge is 0.324 e. The fourth-order valence-corrected chi connectivity index (χ4v) is 2.09. The van der Waals surface area contributed by atoms with Crippen LogP contribution in [0.2, 0.25) is 0 Å². The zero-order valence-electron chi connectivity index (χ0n) is 9.43. The predicted octanol–water partition coefficient (Wildman–Crippen LogP) is 3.30. The molecule has 5 heteroatoms. The van der Waals surface area contributed by atoms with Crippen molar-refractivity contribution >= 4 is 7.60 Å². The fraction of sp³-hybridized carbons (Fsp3) is 1.00. The molecule has 0 bridgehead atoms. The van der Waals surface area contributed by atoms with Crippen LogP contribution in [-0.4, -0.2) is 15.9 Å². The van der Waals surface area contributed by atoms with Crippen LogP contribution >= 0.6 is 7.60 Å². The summed E-state index contributed by atoms with van der Waals surface area (Å²) in [7, 11) is -3.73. The van der Waals surface area contributed by atoms with Gasteiger partial charge in [0.1, 0.15) is 0 Å². The van der Waals surface area contributed by atoms with E-state index in [0.717, 1.165) is 12.8 Å². The van der Waals surface area contributed by atoms with Crippen LogP contribution in [0.15, 0.2) is 0 Å². The zero-order valence-corrected chi connectivity index (χ0v) is 11.3. The molecule has 0 heterocycles. The summed E-state index contributed by atoms with van der Waals surface area (Å²) >= 11 is 0. The van der Waals surface area contributed by atoms with E-state index in [1.165, 1.54) is 32.1 Å². The molecule has 96 valence electrons. The van der Waals surface area contributed by atoms with Gasteiger partial charge in [-0.1, -0.05) is 51.9 Å². The summed E-state index contributed by atoms with van der Waals surface area (Å²) in [6.45, 7) is 2.19. The van der Waals surface area contributed by atoms with Crippen molar-refractivity contribution < 1.29 is 30.8 Å². The van der Waals surface area contributed by atoms with E-state index in [1.807, 2.05) is 0 Å². The van der Waals surface area contributed by atoms with Crippen molar-refractivity contribution in [3.63, 3.8) is 0 Å². The third-order valence-electron chi connectivity index (χ3n) is 2.30. The van der Waals surface area contributed by atoms with Crippen molar-refractivity contribution in [1.82, 2.24) is 0 Å². The molecule has 15 heavy (non-hydrogen) atoms. The number of unbranched alkanes of at least 4 members (excludes halogenated alkanes) is 7. The van der Waals surface area contributed by atoms with Crippen LogP contribution in [0.1, 0.15) is 58.3 Å². The van der Waals surface area contributed by atoms with E-state index in [4.69, 9.17) is 9.79 Å². The Kier molecular flexibility index (Phi) is 13.4. The van der Waals surface area contributed by atoms with Gasteiger partial charge in [0.25, 0.3) is 0 Å². The molecule has 2 N–H and O–H groups in total. The molecule has 0 fully saturated rings. The molecule has 0 aliphatic rings. The van der Waals surface area contributed by atoms with Gasteiger partial charge in [0.2, 0.25) is 0 Å². The second-order valence-electron chi connectivity index (χ2n) is 3.86. The molecule has 3 nitrogen and oxygen atoms in total. The van der Waals surface area contributed by atoms with Crippen LogP contribution in [0.25, 0.3) is 0 Å². The summed E-state index contributed by atoms with van der Waals surface area (Å²) in [5, 5.41) is 0. The maximum absolute atomic E-state index is 10.5. The molecule has 0 aromatic carbocycles. The van der Waals surface area contributed by atoms with Crippen molar-refractivity contribution in [2.75, 3.05) is 6.16 Å². The average Bonchev–Trinajstić information content (AvgIpc) is 2.08. The Labute approximate surface area is 103 Å². The van der Waals surface area contributed by atoms with Crippen LogP contribution in [0, 0.1) is 0 Å². The molecular weight excluding hydrogens is 258 g/mol. The van der Waals surface area contributed by atoms with E-state index in [9.17, 15) is 4.57 Å². The summed E-state index contributed by atoms with van der Waals surface area (Å²) in [4.78, 5) is 17.2. The van der Waals surface area contributed by atoms with Crippen molar-refractivity contribution in [2.24, 2.45) is 0 Å². The first-order valence-electron chi connectivity index (χ1n) is 5.61. The van der Waals surface area contributed by atoms with Gasteiger partial charge in [-0.3, -0.25) is 4.57 Å². The average molecular weight is 281 g/mol. The third kappa shape index (κ3) is 17.3. The van der Waals surface area contributed by atoms with Crippen molar-refractivity contribution in [1.29, 1.82) is 0 Å². The van der Waals surface area contributed by atoms with E-state index >= 15 is 0 Å². The van der Waals surface area contributed by atoms with E-state index in [1.54, 1.807) is 0 Å². The Balaban J connectivity index is 0. The first-order chi connectivity index (χ1) is 6.56. The van der Waals surface area contributed by atoms with Gasteiger partial charge in [-0.05, 0) is 6.42 Å². The molecule has 0 aromatic heterocycles. The molecule has 0 rings (SSSR count). The monoisotopic (exact) mass is 280 g/mol. The Morgan fingerprint density at radius 1 is 0.867 bits per heavy atom. The minimum Gasteiger partial charge on any atom is -0.324 e. The van der Waals surface area contributed by atoms with E-state index in [0.29, 0.717) is 6.42 Å². The van der Waals surface area contributed by atoms with Gasteiger partial charge < -0.3 is 9.79 Å². The molecule has 0 saturated heterocycles. The molecule has 0 radical (unpaired) electrons. The second kappa shape index (κ2) is 11.1. The molecule has 0 saturated carbocycles. The third-order valence-corrected chi connectivity index (χ3v) is 3.20. The van der Waals surface area contributed by atoms with Crippen LogP contribution in [0.3, 0.4) is 0 Å². The van der Waals surface area contributed by atoms with Gasteiger partial charge in [-0.15, -0.1) is 0 Å². The van der Waals surface area contributed by atoms with Crippen LogP contribution in [0.5, 0.6) is 0 Å². The van der Waals surface area contributed by atoms with Crippen LogP contribution < -0.4 is 0 Å². The predicted molar refractivity (Wildman–Crippen MR) is 59.5 cm³/mol. The molecule has 0 amide bonds. The molecule has 0 aromatic rings. The Bertz CT molecular complexity index is 170. The van der Waals surface area contributed by atoms with Crippen molar-refractivity contribution in [3.8, 4) is 0 Å². The Morgan fingerprint density at radius 2 is 1.27 bits per heavy atom. The summed E-state index contributed by atoms with van der Waals surface area (Å²) in [5.41, 5.74) is 0. The zero-order chi connectivity index (χ0) is 10.9. The van der Waals surface area contributed by atoms with Gasteiger partial charge in [0.15, 0.2) is 0 Å². The maximum atomic E-state index is 10.5. The topological polar surface area (TPSA) is 57.5 Å². The number of hydrogen-bond donors (Lipinski definition) is 2. The summed E-state index contributed by atoms with van der Waals surface area (Å²) in [6.07, 6.45) is 9.14. The fourth-order valence-electron chi connectivity index (χ4n) is 1.45. The van der Waals surface area contributed by atoms with Crippen LogP contribution in [-0.2, 0) is 21.1 Å². The van der Waals surface area contributed by atoms with Gasteiger partial charge in [0.05, 0.1) is 0 Å². The number of hydrogen-bond acceptors (Lipinski definition) is 1.